The Bertz CT molecular complexity index is 863. The van der Waals surface area contributed by atoms with Gasteiger partial charge in [0.2, 0.25) is 0 Å². The lowest BCUT2D eigenvalue weighted by Crippen LogP contribution is -2.29. The van der Waals surface area contributed by atoms with Gasteiger partial charge in [-0.25, -0.2) is 0 Å². The summed E-state index contributed by atoms with van der Waals surface area (Å²) in [5, 5.41) is 5.39. The van der Waals surface area contributed by atoms with Gasteiger partial charge >= 0.3 is 11.8 Å². The summed E-state index contributed by atoms with van der Waals surface area (Å²) < 4.78 is 6.10. The van der Waals surface area contributed by atoms with Crippen molar-refractivity contribution in [2.75, 3.05) is 10.6 Å². The molecule has 0 spiro atoms. The van der Waals surface area contributed by atoms with E-state index < -0.39 is 11.8 Å². The Kier molecular flexibility index (Phi) is 7.28. The minimum atomic E-state index is -0.705. The number of ether oxygens (including phenoxy) is 1. The molecule has 0 saturated heterocycles. The van der Waals surface area contributed by atoms with Crippen molar-refractivity contribution in [2.24, 2.45) is 0 Å². The summed E-state index contributed by atoms with van der Waals surface area (Å²) in [5.74, 6) is -0.798. The van der Waals surface area contributed by atoms with E-state index in [4.69, 9.17) is 4.74 Å². The summed E-state index contributed by atoms with van der Waals surface area (Å²) in [6, 6.07) is 13.1. The highest BCUT2D eigenvalue weighted by molar-refractivity contribution is 6.43. The number of hydrogen-bond acceptors (Lipinski definition) is 3. The van der Waals surface area contributed by atoms with Crippen molar-refractivity contribution in [3.63, 3.8) is 0 Å². The first-order chi connectivity index (χ1) is 14.1. The summed E-state index contributed by atoms with van der Waals surface area (Å²) in [6.45, 7) is 4.24. The van der Waals surface area contributed by atoms with Crippen LogP contribution in [0.2, 0.25) is 0 Å². The molecule has 2 aromatic rings. The maximum absolute atomic E-state index is 12.5. The van der Waals surface area contributed by atoms with Crippen LogP contribution in [0.1, 0.15) is 57.1 Å². The SMILES string of the molecule is CCCCC(CC)Oc1ccccc1NC(=O)C(=O)Nc1ccc2c(c1)CCC2. The Hall–Kier alpha value is -2.82. The van der Waals surface area contributed by atoms with Crippen molar-refractivity contribution in [2.45, 2.75) is 64.9 Å². The van der Waals surface area contributed by atoms with Crippen LogP contribution in [-0.2, 0) is 22.4 Å². The highest BCUT2D eigenvalue weighted by atomic mass is 16.5. The molecule has 1 aliphatic rings. The van der Waals surface area contributed by atoms with Gasteiger partial charge in [0.05, 0.1) is 11.8 Å². The number of carbonyl (C=O) groups excluding carboxylic acids is 2. The lowest BCUT2D eigenvalue weighted by Gasteiger charge is -2.19. The minimum Gasteiger partial charge on any atom is -0.488 e. The zero-order valence-corrected chi connectivity index (χ0v) is 17.3. The van der Waals surface area contributed by atoms with Gasteiger partial charge in [-0.05, 0) is 67.5 Å². The summed E-state index contributed by atoms with van der Waals surface area (Å²) in [5.41, 5.74) is 3.74. The predicted molar refractivity (Wildman–Crippen MR) is 116 cm³/mol. The predicted octanol–water partition coefficient (Wildman–Crippen LogP) is 5.10. The molecule has 2 aromatic carbocycles. The van der Waals surface area contributed by atoms with Crippen LogP contribution in [0.3, 0.4) is 0 Å². The zero-order chi connectivity index (χ0) is 20.6. The van der Waals surface area contributed by atoms with Crippen LogP contribution in [-0.4, -0.2) is 17.9 Å². The quantitative estimate of drug-likeness (QED) is 0.612. The average Bonchev–Trinajstić information content (AvgIpc) is 3.20. The van der Waals surface area contributed by atoms with Crippen molar-refractivity contribution in [3.05, 3.63) is 53.6 Å². The maximum Gasteiger partial charge on any atom is 0.314 e. The van der Waals surface area contributed by atoms with Crippen molar-refractivity contribution in [1.82, 2.24) is 0 Å². The molecule has 1 aliphatic carbocycles. The highest BCUT2D eigenvalue weighted by Gasteiger charge is 2.18. The molecule has 2 amide bonds. The number of rotatable bonds is 8. The molecule has 0 aliphatic heterocycles. The Labute approximate surface area is 172 Å². The number of amides is 2. The van der Waals surface area contributed by atoms with E-state index in [0.29, 0.717) is 17.1 Å². The minimum absolute atomic E-state index is 0.0910. The molecule has 0 bridgehead atoms. The number of para-hydroxylation sites is 2. The largest absolute Gasteiger partial charge is 0.488 e. The topological polar surface area (TPSA) is 67.4 Å². The van der Waals surface area contributed by atoms with E-state index in [1.165, 1.54) is 11.1 Å². The van der Waals surface area contributed by atoms with Gasteiger partial charge in [-0.3, -0.25) is 9.59 Å². The van der Waals surface area contributed by atoms with Gasteiger partial charge in [-0.2, -0.15) is 0 Å². The Morgan fingerprint density at radius 1 is 1.00 bits per heavy atom. The monoisotopic (exact) mass is 394 g/mol. The first kappa shape index (κ1) is 20.9. The molecule has 0 aromatic heterocycles. The lowest BCUT2D eigenvalue weighted by molar-refractivity contribution is -0.133. The molecule has 0 fully saturated rings. The van der Waals surface area contributed by atoms with Crippen LogP contribution in [0.25, 0.3) is 0 Å². The lowest BCUT2D eigenvalue weighted by atomic mass is 10.1. The number of aryl methyl sites for hydroxylation is 2. The fourth-order valence-corrected chi connectivity index (χ4v) is 3.65. The van der Waals surface area contributed by atoms with Crippen molar-refractivity contribution in [1.29, 1.82) is 0 Å². The van der Waals surface area contributed by atoms with E-state index in [1.54, 1.807) is 6.07 Å². The average molecular weight is 395 g/mol. The van der Waals surface area contributed by atoms with Crippen LogP contribution < -0.4 is 15.4 Å². The van der Waals surface area contributed by atoms with Gasteiger partial charge in [-0.15, -0.1) is 0 Å². The first-order valence-electron chi connectivity index (χ1n) is 10.6. The van der Waals surface area contributed by atoms with Gasteiger partial charge in [0.15, 0.2) is 0 Å². The molecule has 1 atom stereocenters. The molecule has 29 heavy (non-hydrogen) atoms. The van der Waals surface area contributed by atoms with Crippen LogP contribution in [0.5, 0.6) is 5.75 Å². The Morgan fingerprint density at radius 2 is 1.76 bits per heavy atom. The number of anilines is 2. The van der Waals surface area contributed by atoms with Gasteiger partial charge in [0.1, 0.15) is 5.75 Å². The zero-order valence-electron chi connectivity index (χ0n) is 17.3. The summed E-state index contributed by atoms with van der Waals surface area (Å²) in [7, 11) is 0. The second-order valence-corrected chi connectivity index (χ2v) is 7.53. The molecule has 3 rings (SSSR count). The van der Waals surface area contributed by atoms with E-state index in [-0.39, 0.29) is 6.10 Å². The van der Waals surface area contributed by atoms with Gasteiger partial charge in [-0.1, -0.05) is 44.9 Å². The summed E-state index contributed by atoms with van der Waals surface area (Å²) >= 11 is 0. The second-order valence-electron chi connectivity index (χ2n) is 7.53. The third kappa shape index (κ3) is 5.59. The molecule has 2 N–H and O–H groups in total. The van der Waals surface area contributed by atoms with Crippen LogP contribution >= 0.6 is 0 Å². The van der Waals surface area contributed by atoms with E-state index in [9.17, 15) is 9.59 Å². The number of benzene rings is 2. The van der Waals surface area contributed by atoms with Gasteiger partial charge < -0.3 is 15.4 Å². The van der Waals surface area contributed by atoms with Crippen LogP contribution in [0.4, 0.5) is 11.4 Å². The molecular formula is C24H30N2O3. The number of fused-ring (bicyclic) bond motifs is 1. The number of carbonyl (C=O) groups is 2. The maximum atomic E-state index is 12.5. The Morgan fingerprint density at radius 3 is 2.55 bits per heavy atom. The van der Waals surface area contributed by atoms with Gasteiger partial charge in [0, 0.05) is 5.69 Å². The molecule has 0 saturated carbocycles. The van der Waals surface area contributed by atoms with E-state index in [1.807, 2.05) is 36.4 Å². The van der Waals surface area contributed by atoms with Crippen molar-refractivity contribution < 1.29 is 14.3 Å². The van der Waals surface area contributed by atoms with E-state index in [0.717, 1.165) is 44.9 Å². The third-order valence-corrected chi connectivity index (χ3v) is 5.33. The van der Waals surface area contributed by atoms with E-state index in [2.05, 4.69) is 24.5 Å². The third-order valence-electron chi connectivity index (χ3n) is 5.33. The van der Waals surface area contributed by atoms with Crippen LogP contribution in [0, 0.1) is 0 Å². The van der Waals surface area contributed by atoms with Crippen LogP contribution in [0.15, 0.2) is 42.5 Å². The number of unbranched alkanes of at least 4 members (excludes halogenated alkanes) is 1. The van der Waals surface area contributed by atoms with Gasteiger partial charge in [0.25, 0.3) is 0 Å². The van der Waals surface area contributed by atoms with Crippen molar-refractivity contribution in [3.8, 4) is 5.75 Å². The molecule has 5 nitrogen and oxygen atoms in total. The Balaban J connectivity index is 1.63. The molecule has 1 unspecified atom stereocenters. The smallest absolute Gasteiger partial charge is 0.314 e. The van der Waals surface area contributed by atoms with E-state index >= 15 is 0 Å². The fraction of sp³-hybridized carbons (Fsp3) is 0.417. The first-order valence-corrected chi connectivity index (χ1v) is 10.6. The summed E-state index contributed by atoms with van der Waals surface area (Å²) in [6.07, 6.45) is 7.39. The second kappa shape index (κ2) is 10.1. The van der Waals surface area contributed by atoms with Crippen molar-refractivity contribution >= 4 is 23.2 Å². The highest BCUT2D eigenvalue weighted by Crippen LogP contribution is 2.27. The molecule has 0 heterocycles. The molecule has 0 radical (unpaired) electrons. The molecule has 154 valence electrons. The standard InChI is InChI=1S/C24H30N2O3/c1-3-5-11-20(4-2)29-22-13-7-6-12-21(22)26-24(28)23(27)25-19-15-14-17-9-8-10-18(17)16-19/h6-7,12-16,20H,3-5,8-11H2,1-2H3,(H,25,27)(H,26,28). The fourth-order valence-electron chi connectivity index (χ4n) is 3.65. The number of nitrogens with one attached hydrogen (secondary N) is 2. The molecule has 5 heteroatoms. The normalized spacial score (nSPS) is 13.4. The number of hydrogen-bond donors (Lipinski definition) is 2. The molecular weight excluding hydrogens is 364 g/mol. The summed E-state index contributed by atoms with van der Waals surface area (Å²) in [4.78, 5) is 24.8.